The third-order valence-corrected chi connectivity index (χ3v) is 10.7. The lowest BCUT2D eigenvalue weighted by Gasteiger charge is -2.37. The van der Waals surface area contributed by atoms with E-state index in [2.05, 4.69) is 35.2 Å². The first kappa shape index (κ1) is 32.8. The number of nitrogens with zero attached hydrogens (tertiary/aromatic N) is 6. The number of halogens is 3. The number of hydrogen-bond donors (Lipinski definition) is 2. The molecule has 1 spiro atoms. The zero-order chi connectivity index (χ0) is 33.2. The van der Waals surface area contributed by atoms with Crippen molar-refractivity contribution in [1.29, 1.82) is 0 Å². The molecular weight excluding hydrogens is 641 g/mol. The third-order valence-electron chi connectivity index (χ3n) is 8.83. The Labute approximate surface area is 270 Å². The molecule has 1 amide bonds. The number of alkyl halides is 3. The molecule has 2 aliphatic heterocycles. The van der Waals surface area contributed by atoms with Crippen molar-refractivity contribution in [3.8, 4) is 17.1 Å². The van der Waals surface area contributed by atoms with Gasteiger partial charge in [0.2, 0.25) is 15.9 Å². The Morgan fingerprint density at radius 3 is 2.66 bits per heavy atom. The number of amides is 1. The number of ether oxygens (including phenoxy) is 2. The highest BCUT2D eigenvalue weighted by Crippen LogP contribution is 2.47. The minimum absolute atomic E-state index is 0.0262. The Bertz CT molecular complexity index is 1720. The Morgan fingerprint density at radius 2 is 1.89 bits per heavy atom. The van der Waals surface area contributed by atoms with Crippen LogP contribution in [0.4, 0.5) is 30.6 Å². The molecule has 252 valence electrons. The monoisotopic (exact) mass is 676 g/mol. The van der Waals surface area contributed by atoms with E-state index in [1.54, 1.807) is 13.1 Å². The van der Waals surface area contributed by atoms with Gasteiger partial charge in [0.25, 0.3) is 0 Å². The van der Waals surface area contributed by atoms with Gasteiger partial charge in [-0.2, -0.15) is 4.31 Å². The maximum absolute atomic E-state index is 13.4. The van der Waals surface area contributed by atoms with E-state index in [-0.39, 0.29) is 65.9 Å². The number of morpholine rings is 1. The van der Waals surface area contributed by atoms with Crippen LogP contribution < -0.4 is 20.3 Å². The minimum Gasteiger partial charge on any atom is -0.406 e. The van der Waals surface area contributed by atoms with Crippen LogP contribution in [0.1, 0.15) is 32.1 Å². The number of rotatable bonds is 8. The predicted octanol–water partition coefficient (Wildman–Crippen LogP) is 3.73. The molecule has 17 heteroatoms. The van der Waals surface area contributed by atoms with Crippen molar-refractivity contribution < 1.29 is 35.9 Å². The molecular formula is C30H35F3N8O5S. The van der Waals surface area contributed by atoms with Crippen LogP contribution in [0.5, 0.6) is 5.75 Å². The molecule has 1 saturated carbocycles. The minimum atomic E-state index is -4.88. The molecule has 6 rings (SSSR count). The molecule has 3 aromatic rings. The van der Waals surface area contributed by atoms with Crippen LogP contribution in [0.2, 0.25) is 0 Å². The van der Waals surface area contributed by atoms with Gasteiger partial charge in [0.1, 0.15) is 28.1 Å². The smallest absolute Gasteiger partial charge is 0.406 e. The third kappa shape index (κ3) is 7.57. The Hall–Kier alpha value is -4.09. The van der Waals surface area contributed by atoms with E-state index in [0.717, 1.165) is 44.2 Å². The van der Waals surface area contributed by atoms with Crippen molar-refractivity contribution in [1.82, 2.24) is 29.6 Å². The molecule has 5 heterocycles. The summed E-state index contributed by atoms with van der Waals surface area (Å²) in [5, 5.41) is 5.73. The van der Waals surface area contributed by atoms with Gasteiger partial charge in [0.05, 0.1) is 13.2 Å². The Balaban J connectivity index is 1.34. The van der Waals surface area contributed by atoms with Crippen molar-refractivity contribution in [2.75, 3.05) is 56.7 Å². The van der Waals surface area contributed by atoms with Crippen molar-refractivity contribution in [2.45, 2.75) is 43.4 Å². The van der Waals surface area contributed by atoms with Crippen LogP contribution in [0.25, 0.3) is 11.4 Å². The van der Waals surface area contributed by atoms with E-state index < -0.39 is 22.1 Å². The van der Waals surface area contributed by atoms with Crippen LogP contribution in [-0.4, -0.2) is 91.4 Å². The largest absolute Gasteiger partial charge is 0.573 e. The van der Waals surface area contributed by atoms with Crippen LogP contribution in [-0.2, 0) is 19.6 Å². The van der Waals surface area contributed by atoms with E-state index in [0.29, 0.717) is 24.5 Å². The van der Waals surface area contributed by atoms with E-state index in [4.69, 9.17) is 9.72 Å². The normalized spacial score (nSPS) is 22.3. The molecule has 47 heavy (non-hydrogen) atoms. The number of carbonyl (C=O) groups excluding carboxylic acids is 1. The first-order valence-electron chi connectivity index (χ1n) is 15.3. The summed E-state index contributed by atoms with van der Waals surface area (Å²) in [6, 6.07) is 5.30. The first-order valence-corrected chi connectivity index (χ1v) is 16.7. The molecule has 3 fully saturated rings. The quantitative estimate of drug-likeness (QED) is 0.359. The maximum atomic E-state index is 13.4. The topological polar surface area (TPSA) is 152 Å². The summed E-state index contributed by atoms with van der Waals surface area (Å²) < 4.78 is 76.1. The number of carbonyl (C=O) groups is 1. The van der Waals surface area contributed by atoms with E-state index in [1.807, 2.05) is 0 Å². The summed E-state index contributed by atoms with van der Waals surface area (Å²) in [5.41, 5.74) is 0.254. The highest BCUT2D eigenvalue weighted by atomic mass is 32.2. The lowest BCUT2D eigenvalue weighted by molar-refractivity contribution is -0.274. The number of hydrogen-bond acceptors (Lipinski definition) is 11. The average molecular weight is 677 g/mol. The number of pyridine rings is 2. The van der Waals surface area contributed by atoms with Gasteiger partial charge < -0.3 is 25.0 Å². The van der Waals surface area contributed by atoms with Gasteiger partial charge in [-0.25, -0.2) is 23.4 Å². The van der Waals surface area contributed by atoms with Gasteiger partial charge in [0.15, 0.2) is 5.82 Å². The highest BCUT2D eigenvalue weighted by molar-refractivity contribution is 7.89. The molecule has 2 unspecified atom stereocenters. The Morgan fingerprint density at radius 1 is 1.09 bits per heavy atom. The molecule has 3 aliphatic rings. The lowest BCUT2D eigenvalue weighted by atomic mass is 9.69. The number of sulfonamides is 1. The van der Waals surface area contributed by atoms with E-state index in [1.165, 1.54) is 29.0 Å². The van der Waals surface area contributed by atoms with Crippen LogP contribution >= 0.6 is 0 Å². The summed E-state index contributed by atoms with van der Waals surface area (Å²) >= 11 is 0. The standard InChI is InChI=1S/C30H35F3N8O5S/c1-34-28(42)20-3-2-5-29(16-20)6-8-40(19-29)26-15-25(37-24-14-22(4-7-36-24)46-30(31,32)33)38-27(39-26)21-13-23(18-35-17-21)47(43,44)41-9-11-45-12-10-41/h4,7,13-15,17-18,20H,2-3,5-6,8-12,16,19H2,1H3,(H,34,42)(H,36,37,38,39). The van der Waals surface area contributed by atoms with Crippen LogP contribution in [0.15, 0.2) is 47.8 Å². The Kier molecular flexibility index (Phi) is 9.22. The van der Waals surface area contributed by atoms with Gasteiger partial charge in [0, 0.05) is 75.4 Å². The second-order valence-corrected chi connectivity index (χ2v) is 13.9. The number of nitrogens with one attached hydrogen (secondary N) is 2. The number of aromatic nitrogens is 4. The van der Waals surface area contributed by atoms with Crippen molar-refractivity contribution in [2.24, 2.45) is 11.3 Å². The van der Waals surface area contributed by atoms with E-state index >= 15 is 0 Å². The fourth-order valence-electron chi connectivity index (χ4n) is 6.60. The van der Waals surface area contributed by atoms with Gasteiger partial charge in [-0.15, -0.1) is 13.2 Å². The molecule has 2 saturated heterocycles. The SMILES string of the molecule is CNC(=O)C1CCCC2(CCN(c3cc(Nc4cc(OC(F)(F)F)ccn4)nc(-c4cncc(S(=O)(=O)N5CCOCC5)c4)n3)C2)C1. The average Bonchev–Trinajstić information content (AvgIpc) is 3.46. The molecule has 0 bridgehead atoms. The van der Waals surface area contributed by atoms with Crippen LogP contribution in [0, 0.1) is 11.3 Å². The van der Waals surface area contributed by atoms with Crippen molar-refractivity contribution >= 4 is 33.4 Å². The fourth-order valence-corrected chi connectivity index (χ4v) is 7.99. The molecule has 0 radical (unpaired) electrons. The van der Waals surface area contributed by atoms with Crippen molar-refractivity contribution in [3.05, 3.63) is 42.9 Å². The van der Waals surface area contributed by atoms with Crippen molar-refractivity contribution in [3.63, 3.8) is 0 Å². The highest BCUT2D eigenvalue weighted by Gasteiger charge is 2.44. The fraction of sp³-hybridized carbons (Fsp3) is 0.500. The summed E-state index contributed by atoms with van der Waals surface area (Å²) in [6.07, 6.45) is 3.38. The first-order chi connectivity index (χ1) is 22.4. The zero-order valence-corrected chi connectivity index (χ0v) is 26.5. The lowest BCUT2D eigenvalue weighted by Crippen LogP contribution is -2.40. The maximum Gasteiger partial charge on any atom is 0.573 e. The second kappa shape index (κ2) is 13.2. The van der Waals surface area contributed by atoms with Gasteiger partial charge in [-0.1, -0.05) is 6.42 Å². The molecule has 2 N–H and O–H groups in total. The summed E-state index contributed by atoms with van der Waals surface area (Å²) in [7, 11) is -2.22. The van der Waals surface area contributed by atoms with E-state index in [9.17, 15) is 26.4 Å². The molecule has 13 nitrogen and oxygen atoms in total. The molecule has 0 aromatic carbocycles. The van der Waals surface area contributed by atoms with Gasteiger partial charge in [-0.05, 0) is 43.2 Å². The van der Waals surface area contributed by atoms with Gasteiger partial charge >= 0.3 is 6.36 Å². The molecule has 1 aliphatic carbocycles. The predicted molar refractivity (Wildman–Crippen MR) is 164 cm³/mol. The summed E-state index contributed by atoms with van der Waals surface area (Å²) in [5.74, 6) is 0.471. The van der Waals surface area contributed by atoms with Crippen LogP contribution in [0.3, 0.4) is 0 Å². The summed E-state index contributed by atoms with van der Waals surface area (Å²) in [6.45, 7) is 2.32. The molecule has 3 aromatic heterocycles. The second-order valence-electron chi connectivity index (χ2n) is 12.0. The van der Waals surface area contributed by atoms with Gasteiger partial charge in [-0.3, -0.25) is 9.78 Å². The zero-order valence-electron chi connectivity index (χ0n) is 25.7. The molecule has 2 atom stereocenters. The number of anilines is 3. The summed E-state index contributed by atoms with van der Waals surface area (Å²) in [4.78, 5) is 32.3.